The molecule has 1 heterocycles. The molecule has 3 aromatic rings. The summed E-state index contributed by atoms with van der Waals surface area (Å²) in [4.78, 5) is 4.84. The summed E-state index contributed by atoms with van der Waals surface area (Å²) in [5.74, 6) is 1.39. The average Bonchev–Trinajstić information content (AvgIpc) is 3.09. The second-order valence-electron chi connectivity index (χ2n) is 5.41. The Bertz CT molecular complexity index is 963. The number of hydrogen-bond donors (Lipinski definition) is 0. The van der Waals surface area contributed by atoms with Crippen LogP contribution < -0.4 is 9.47 Å². The number of benzene rings is 2. The number of aromatic nitrogens is 1. The van der Waals surface area contributed by atoms with E-state index in [1.54, 1.807) is 19.2 Å². The maximum absolute atomic E-state index is 11.4. The van der Waals surface area contributed by atoms with Gasteiger partial charge in [0.05, 0.1) is 17.7 Å². The fourth-order valence-corrected chi connectivity index (χ4v) is 3.63. The number of nitrogens with zero attached hydrogens (tertiary/aromatic N) is 1. The minimum Gasteiger partial charge on any atom is -0.497 e. The van der Waals surface area contributed by atoms with Crippen molar-refractivity contribution >= 4 is 21.2 Å². The second-order valence-corrected chi connectivity index (χ2v) is 8.28. The number of ether oxygens (including phenoxy) is 2. The summed E-state index contributed by atoms with van der Waals surface area (Å²) in [6, 6.07) is 14.1. The van der Waals surface area contributed by atoms with Crippen molar-refractivity contribution in [2.24, 2.45) is 0 Å². The molecule has 0 amide bonds. The molecule has 0 spiro atoms. The van der Waals surface area contributed by atoms with E-state index < -0.39 is 9.84 Å². The normalized spacial score (nSPS) is 11.3. The topological polar surface area (TPSA) is 65.5 Å². The van der Waals surface area contributed by atoms with E-state index in [0.29, 0.717) is 12.4 Å². The molecule has 3 rings (SSSR count). The molecule has 0 N–H and O–H groups in total. The van der Waals surface area contributed by atoms with Gasteiger partial charge < -0.3 is 9.47 Å². The van der Waals surface area contributed by atoms with Crippen molar-refractivity contribution in [2.45, 2.75) is 11.5 Å². The number of hydrogen-bond acceptors (Lipinski definition) is 6. The Hall–Kier alpha value is -2.38. The van der Waals surface area contributed by atoms with Crippen LogP contribution in [0.5, 0.6) is 11.5 Å². The zero-order valence-corrected chi connectivity index (χ0v) is 15.4. The summed E-state index contributed by atoms with van der Waals surface area (Å²) in [6.07, 6.45) is 1.18. The molecule has 0 radical (unpaired) electrons. The van der Waals surface area contributed by atoms with Crippen LogP contribution in [0.3, 0.4) is 0 Å². The van der Waals surface area contributed by atoms with Gasteiger partial charge in [-0.25, -0.2) is 13.4 Å². The van der Waals surface area contributed by atoms with Crippen LogP contribution in [0, 0.1) is 0 Å². The van der Waals surface area contributed by atoms with Gasteiger partial charge in [0.2, 0.25) is 0 Å². The van der Waals surface area contributed by atoms with E-state index in [2.05, 4.69) is 4.98 Å². The highest BCUT2D eigenvalue weighted by Crippen LogP contribution is 2.27. The van der Waals surface area contributed by atoms with Gasteiger partial charge in [-0.3, -0.25) is 0 Å². The quantitative estimate of drug-likeness (QED) is 0.656. The fraction of sp³-hybridized carbons (Fsp3) is 0.167. The Balaban J connectivity index is 1.67. The monoisotopic (exact) mass is 375 g/mol. The molecule has 0 saturated heterocycles. The third-order valence-electron chi connectivity index (χ3n) is 3.51. The summed E-state index contributed by atoms with van der Waals surface area (Å²) in [5, 5.41) is 2.84. The van der Waals surface area contributed by atoms with Gasteiger partial charge >= 0.3 is 0 Å². The zero-order valence-electron chi connectivity index (χ0n) is 13.8. The van der Waals surface area contributed by atoms with Gasteiger partial charge in [0, 0.05) is 17.2 Å². The van der Waals surface area contributed by atoms with Gasteiger partial charge in [-0.15, -0.1) is 11.3 Å². The fourth-order valence-electron chi connectivity index (χ4n) is 2.20. The predicted molar refractivity (Wildman–Crippen MR) is 98.0 cm³/mol. The molecular weight excluding hydrogens is 358 g/mol. The Morgan fingerprint density at radius 1 is 1.08 bits per heavy atom. The Kier molecular flexibility index (Phi) is 5.06. The molecular formula is C18H17NO4S2. The van der Waals surface area contributed by atoms with E-state index in [1.807, 2.05) is 29.6 Å². The lowest BCUT2D eigenvalue weighted by Gasteiger charge is -2.05. The lowest BCUT2D eigenvalue weighted by Crippen LogP contribution is -1.98. The molecule has 1 aromatic heterocycles. The van der Waals surface area contributed by atoms with Crippen molar-refractivity contribution in [1.82, 2.24) is 4.98 Å². The summed E-state index contributed by atoms with van der Waals surface area (Å²) in [5.41, 5.74) is 1.81. The smallest absolute Gasteiger partial charge is 0.175 e. The zero-order chi connectivity index (χ0) is 17.9. The second kappa shape index (κ2) is 7.25. The highest BCUT2D eigenvalue weighted by Gasteiger charge is 2.08. The third kappa shape index (κ3) is 4.37. The van der Waals surface area contributed by atoms with Crippen molar-refractivity contribution < 1.29 is 17.9 Å². The molecule has 0 saturated carbocycles. The number of rotatable bonds is 6. The van der Waals surface area contributed by atoms with Crippen LogP contribution >= 0.6 is 11.3 Å². The molecule has 5 nitrogen and oxygen atoms in total. The van der Waals surface area contributed by atoms with Gasteiger partial charge in [0.15, 0.2) is 9.84 Å². The standard InChI is InChI=1S/C18H17NO4S2/c1-22-16-5-3-4-13(10-16)18-19-14(12-24-18)11-23-15-6-8-17(9-7-15)25(2,20)21/h3-10,12H,11H2,1-2H3. The van der Waals surface area contributed by atoms with Crippen molar-refractivity contribution in [2.75, 3.05) is 13.4 Å². The molecule has 0 unspecified atom stereocenters. The predicted octanol–water partition coefficient (Wildman–Crippen LogP) is 3.80. The van der Waals surface area contributed by atoms with E-state index in [1.165, 1.54) is 29.7 Å². The third-order valence-corrected chi connectivity index (χ3v) is 5.58. The maximum Gasteiger partial charge on any atom is 0.175 e. The molecule has 130 valence electrons. The van der Waals surface area contributed by atoms with Crippen molar-refractivity contribution in [3.8, 4) is 22.1 Å². The first kappa shape index (κ1) is 17.4. The minimum atomic E-state index is -3.20. The van der Waals surface area contributed by atoms with Crippen LogP contribution in [0.4, 0.5) is 0 Å². The first-order valence-electron chi connectivity index (χ1n) is 7.47. The van der Waals surface area contributed by atoms with Crippen LogP contribution in [0.25, 0.3) is 10.6 Å². The van der Waals surface area contributed by atoms with Crippen LogP contribution in [-0.2, 0) is 16.4 Å². The highest BCUT2D eigenvalue weighted by molar-refractivity contribution is 7.90. The lowest BCUT2D eigenvalue weighted by molar-refractivity contribution is 0.302. The molecule has 2 aromatic carbocycles. The van der Waals surface area contributed by atoms with Crippen molar-refractivity contribution in [1.29, 1.82) is 0 Å². The highest BCUT2D eigenvalue weighted by atomic mass is 32.2. The van der Waals surface area contributed by atoms with Crippen LogP contribution in [0.2, 0.25) is 0 Å². The molecule has 0 aliphatic carbocycles. The Labute approximate surface area is 150 Å². The average molecular weight is 375 g/mol. The van der Waals surface area contributed by atoms with Gasteiger partial charge in [0.1, 0.15) is 23.1 Å². The number of sulfone groups is 1. The largest absolute Gasteiger partial charge is 0.497 e. The SMILES string of the molecule is COc1cccc(-c2nc(COc3ccc(S(C)(=O)=O)cc3)cs2)c1. The van der Waals surface area contributed by atoms with E-state index in [4.69, 9.17) is 9.47 Å². The van der Waals surface area contributed by atoms with Crippen LogP contribution in [-0.4, -0.2) is 26.8 Å². The first-order valence-corrected chi connectivity index (χ1v) is 10.2. The van der Waals surface area contributed by atoms with Gasteiger partial charge in [-0.05, 0) is 36.4 Å². The van der Waals surface area contributed by atoms with Crippen LogP contribution in [0.15, 0.2) is 58.8 Å². The Morgan fingerprint density at radius 3 is 2.52 bits per heavy atom. The molecule has 7 heteroatoms. The van der Waals surface area contributed by atoms with E-state index in [-0.39, 0.29) is 4.90 Å². The van der Waals surface area contributed by atoms with Gasteiger partial charge in [-0.2, -0.15) is 0 Å². The maximum atomic E-state index is 11.4. The molecule has 0 aliphatic rings. The number of thiazole rings is 1. The van der Waals surface area contributed by atoms with E-state index >= 15 is 0 Å². The van der Waals surface area contributed by atoms with Gasteiger partial charge in [-0.1, -0.05) is 12.1 Å². The minimum absolute atomic E-state index is 0.272. The first-order chi connectivity index (χ1) is 12.0. The van der Waals surface area contributed by atoms with Crippen molar-refractivity contribution in [3.05, 3.63) is 59.6 Å². The van der Waals surface area contributed by atoms with Crippen LogP contribution in [0.1, 0.15) is 5.69 Å². The van der Waals surface area contributed by atoms with Crippen molar-refractivity contribution in [3.63, 3.8) is 0 Å². The van der Waals surface area contributed by atoms with E-state index in [0.717, 1.165) is 22.0 Å². The summed E-state index contributed by atoms with van der Waals surface area (Å²) >= 11 is 1.54. The lowest BCUT2D eigenvalue weighted by atomic mass is 10.2. The van der Waals surface area contributed by atoms with E-state index in [9.17, 15) is 8.42 Å². The molecule has 25 heavy (non-hydrogen) atoms. The molecule has 0 aliphatic heterocycles. The van der Waals surface area contributed by atoms with Gasteiger partial charge in [0.25, 0.3) is 0 Å². The molecule has 0 atom stereocenters. The summed E-state index contributed by atoms with van der Waals surface area (Å²) < 4.78 is 33.8. The summed E-state index contributed by atoms with van der Waals surface area (Å²) in [7, 11) is -1.56. The molecule has 0 bridgehead atoms. The number of methoxy groups -OCH3 is 1. The summed E-state index contributed by atoms with van der Waals surface area (Å²) in [6.45, 7) is 0.318. The molecule has 0 fully saturated rings. The Morgan fingerprint density at radius 2 is 1.84 bits per heavy atom.